The first-order valence-electron chi connectivity index (χ1n) is 8.26. The average molecular weight is 529 g/mol. The first-order valence-corrected chi connectivity index (χ1v) is 8.26. The van der Waals surface area contributed by atoms with Crippen molar-refractivity contribution in [2.75, 3.05) is 0 Å². The van der Waals surface area contributed by atoms with Crippen LogP contribution in [0.4, 0.5) is 8.78 Å². The number of aromatic nitrogens is 1. The van der Waals surface area contributed by atoms with Gasteiger partial charge in [0.25, 0.3) is 0 Å². The molecule has 0 unspecified atom stereocenters. The third-order valence-electron chi connectivity index (χ3n) is 3.90. The van der Waals surface area contributed by atoms with Gasteiger partial charge in [-0.05, 0) is 23.4 Å². The van der Waals surface area contributed by atoms with Crippen LogP contribution in [-0.2, 0) is 27.5 Å². The molecule has 0 fully saturated rings. The summed E-state index contributed by atoms with van der Waals surface area (Å²) in [5, 5.41) is 0. The van der Waals surface area contributed by atoms with Crippen LogP contribution in [0.2, 0.25) is 0 Å². The molecule has 136 valence electrons. The zero-order chi connectivity index (χ0) is 17.6. The molecule has 26 heavy (non-hydrogen) atoms. The Balaban J connectivity index is 0.00000243. The minimum absolute atomic E-state index is 0. The molecule has 1 nitrogen and oxygen atoms in total. The fourth-order valence-electron chi connectivity index (χ4n) is 2.55. The van der Waals surface area contributed by atoms with E-state index in [0.717, 1.165) is 35.7 Å². The van der Waals surface area contributed by atoms with Crippen LogP contribution in [-0.4, -0.2) is 4.98 Å². The summed E-state index contributed by atoms with van der Waals surface area (Å²) < 4.78 is 26.5. The largest absolute Gasteiger partial charge is 0.304 e. The summed E-state index contributed by atoms with van der Waals surface area (Å²) in [6.07, 6.45) is 7.24. The second kappa shape index (κ2) is 9.54. The summed E-state index contributed by atoms with van der Waals surface area (Å²) in [5.74, 6) is -1.16. The number of halogens is 2. The third kappa shape index (κ3) is 5.19. The Morgan fingerprint density at radius 3 is 2.50 bits per heavy atom. The van der Waals surface area contributed by atoms with Gasteiger partial charge in [-0.15, -0.1) is 35.4 Å². The minimum atomic E-state index is -0.582. The van der Waals surface area contributed by atoms with E-state index in [0.29, 0.717) is 5.56 Å². The Hall–Kier alpha value is -2.12. The van der Waals surface area contributed by atoms with Crippen LogP contribution < -0.4 is 0 Å². The molecule has 0 aliphatic heterocycles. The molecule has 0 saturated carbocycles. The zero-order valence-electron chi connectivity index (χ0n) is 14.3. The molecule has 3 aromatic rings. The molecule has 3 rings (SSSR count). The Morgan fingerprint density at radius 1 is 1.04 bits per heavy atom. The Bertz CT molecular complexity index is 872. The van der Waals surface area contributed by atoms with E-state index < -0.39 is 11.6 Å². The monoisotopic (exact) mass is 529 g/mol. The fraction of sp³-hybridized carbons (Fsp3) is 0.136. The molecule has 0 bridgehead atoms. The zero-order valence-corrected chi connectivity index (χ0v) is 16.6. The number of nitrogens with zero attached hydrogens (tertiary/aromatic N) is 1. The van der Waals surface area contributed by atoms with Crippen LogP contribution in [0.1, 0.15) is 30.0 Å². The van der Waals surface area contributed by atoms with Crippen LogP contribution in [0.15, 0.2) is 54.7 Å². The van der Waals surface area contributed by atoms with Gasteiger partial charge >= 0.3 is 0 Å². The first kappa shape index (κ1) is 20.2. The molecule has 1 aromatic heterocycles. The summed E-state index contributed by atoms with van der Waals surface area (Å²) in [7, 11) is 0. The van der Waals surface area contributed by atoms with E-state index in [9.17, 15) is 8.78 Å². The van der Waals surface area contributed by atoms with Crippen molar-refractivity contribution in [1.29, 1.82) is 0 Å². The van der Waals surface area contributed by atoms with Crippen LogP contribution >= 0.6 is 0 Å². The maximum atomic E-state index is 13.6. The van der Waals surface area contributed by atoms with Crippen molar-refractivity contribution < 1.29 is 29.8 Å². The van der Waals surface area contributed by atoms with Crippen molar-refractivity contribution in [1.82, 2.24) is 4.98 Å². The van der Waals surface area contributed by atoms with Crippen molar-refractivity contribution in [3.63, 3.8) is 0 Å². The number of hydrogen-bond donors (Lipinski definition) is 0. The van der Waals surface area contributed by atoms with E-state index in [1.54, 1.807) is 18.3 Å². The van der Waals surface area contributed by atoms with Crippen LogP contribution in [0.5, 0.6) is 0 Å². The van der Waals surface area contributed by atoms with Crippen LogP contribution in [0.25, 0.3) is 23.4 Å². The van der Waals surface area contributed by atoms with E-state index in [2.05, 4.69) is 24.0 Å². The van der Waals surface area contributed by atoms with E-state index in [1.807, 2.05) is 24.3 Å². The molecule has 0 spiro atoms. The molecule has 4 heteroatoms. The molecule has 0 radical (unpaired) electrons. The summed E-state index contributed by atoms with van der Waals surface area (Å²) in [6, 6.07) is 16.7. The van der Waals surface area contributed by atoms with Crippen molar-refractivity contribution >= 4 is 12.2 Å². The van der Waals surface area contributed by atoms with Gasteiger partial charge in [0.2, 0.25) is 0 Å². The minimum Gasteiger partial charge on any atom is -0.304 e. The SMILES string of the molecule is CCCc1c[c-]c(-c2ccc(/C=C/c3ccc(F)cc3F)cn2)cc1.[Pt]. The van der Waals surface area contributed by atoms with E-state index in [-0.39, 0.29) is 21.1 Å². The van der Waals surface area contributed by atoms with Crippen molar-refractivity contribution in [3.8, 4) is 11.3 Å². The Kier molecular flexibility index (Phi) is 7.41. The van der Waals surface area contributed by atoms with Gasteiger partial charge in [0.15, 0.2) is 0 Å². The molecule has 0 saturated heterocycles. The number of rotatable bonds is 5. The first-order chi connectivity index (χ1) is 12.2. The standard InChI is InChI=1S/C22H18F2N.Pt/c1-2-3-16-4-9-19(10-5-16)22-13-7-17(15-25-22)6-8-18-11-12-20(23)14-21(18)24;/h4-9,11-15H,2-3H2,1H3;/q-1;/b8-6+;. The average Bonchev–Trinajstić information content (AvgIpc) is 2.62. The Morgan fingerprint density at radius 2 is 1.88 bits per heavy atom. The quantitative estimate of drug-likeness (QED) is 0.373. The number of hydrogen-bond acceptors (Lipinski definition) is 1. The Labute approximate surface area is 167 Å². The van der Waals surface area contributed by atoms with Gasteiger partial charge in [0.05, 0.1) is 0 Å². The van der Waals surface area contributed by atoms with Gasteiger partial charge in [0.1, 0.15) is 11.6 Å². The summed E-state index contributed by atoms with van der Waals surface area (Å²) >= 11 is 0. The third-order valence-corrected chi connectivity index (χ3v) is 3.90. The molecule has 1 heterocycles. The number of aryl methyl sites for hydroxylation is 1. The van der Waals surface area contributed by atoms with Gasteiger partial charge in [-0.1, -0.05) is 44.1 Å². The normalized spacial score (nSPS) is 10.7. The predicted octanol–water partition coefficient (Wildman–Crippen LogP) is 5.95. The van der Waals surface area contributed by atoms with Gasteiger partial charge in [-0.3, -0.25) is 0 Å². The molecular weight excluding hydrogens is 511 g/mol. The topological polar surface area (TPSA) is 12.9 Å². The maximum Gasteiger partial charge on any atom is 0.133 e. The summed E-state index contributed by atoms with van der Waals surface area (Å²) in [4.78, 5) is 4.44. The second-order valence-electron chi connectivity index (χ2n) is 5.84. The molecule has 0 aliphatic rings. The van der Waals surface area contributed by atoms with Gasteiger partial charge in [-0.25, -0.2) is 8.78 Å². The van der Waals surface area contributed by atoms with Crippen molar-refractivity contribution in [3.05, 3.63) is 89.1 Å². The van der Waals surface area contributed by atoms with Crippen LogP contribution in [0, 0.1) is 17.7 Å². The molecule has 0 amide bonds. The molecule has 0 aliphatic carbocycles. The molecular formula is C22H18F2NPt-. The van der Waals surface area contributed by atoms with Gasteiger partial charge < -0.3 is 4.98 Å². The van der Waals surface area contributed by atoms with Crippen molar-refractivity contribution in [2.45, 2.75) is 19.8 Å². The molecule has 0 atom stereocenters. The maximum absolute atomic E-state index is 13.6. The summed E-state index contributed by atoms with van der Waals surface area (Å²) in [5.41, 5.74) is 4.24. The van der Waals surface area contributed by atoms with Gasteiger partial charge in [-0.2, -0.15) is 0 Å². The van der Waals surface area contributed by atoms with E-state index in [1.165, 1.54) is 17.7 Å². The number of pyridine rings is 1. The van der Waals surface area contributed by atoms with Crippen LogP contribution in [0.3, 0.4) is 0 Å². The van der Waals surface area contributed by atoms with E-state index >= 15 is 0 Å². The molecule has 0 N–H and O–H groups in total. The fourth-order valence-corrected chi connectivity index (χ4v) is 2.55. The number of benzene rings is 2. The van der Waals surface area contributed by atoms with Crippen molar-refractivity contribution in [2.24, 2.45) is 0 Å². The molecule has 2 aromatic carbocycles. The second-order valence-corrected chi connectivity index (χ2v) is 5.84. The predicted molar refractivity (Wildman–Crippen MR) is 97.8 cm³/mol. The summed E-state index contributed by atoms with van der Waals surface area (Å²) in [6.45, 7) is 2.15. The van der Waals surface area contributed by atoms with Gasteiger partial charge in [0, 0.05) is 38.9 Å². The smallest absolute Gasteiger partial charge is 0.133 e. The van der Waals surface area contributed by atoms with E-state index in [4.69, 9.17) is 0 Å².